The first-order valence-electron chi connectivity index (χ1n) is 14.1. The summed E-state index contributed by atoms with van der Waals surface area (Å²) in [5.74, 6) is 2.97. The Morgan fingerprint density at radius 1 is 0.875 bits per heavy atom. The highest BCUT2D eigenvalue weighted by molar-refractivity contribution is 5.38. The van der Waals surface area contributed by atoms with Crippen molar-refractivity contribution in [2.24, 2.45) is 17.8 Å². The van der Waals surface area contributed by atoms with Gasteiger partial charge in [0, 0.05) is 6.61 Å². The summed E-state index contributed by atoms with van der Waals surface area (Å²) in [6, 6.07) is 4.48. The van der Waals surface area contributed by atoms with Crippen LogP contribution in [0.2, 0.25) is 0 Å². The largest absolute Gasteiger partial charge is 0.378 e. The molecule has 0 bridgehead atoms. The Hall–Kier alpha value is -0.890. The van der Waals surface area contributed by atoms with E-state index in [1.54, 1.807) is 0 Å². The summed E-state index contributed by atoms with van der Waals surface area (Å²) in [6.45, 7) is 5.47. The maximum absolute atomic E-state index is 15.6. The van der Waals surface area contributed by atoms with Gasteiger partial charge in [-0.3, -0.25) is 0 Å². The molecule has 3 aliphatic rings. The minimum absolute atomic E-state index is 0.172. The van der Waals surface area contributed by atoms with Gasteiger partial charge < -0.3 is 4.74 Å². The van der Waals surface area contributed by atoms with Gasteiger partial charge in [0.25, 0.3) is 0 Å². The molecule has 3 aliphatic carbocycles. The Balaban J connectivity index is 1.31. The second kappa shape index (κ2) is 12.0. The molecular weight excluding hydrogens is 395 g/mol. The van der Waals surface area contributed by atoms with Crippen LogP contribution in [0.25, 0.3) is 0 Å². The fourth-order valence-corrected chi connectivity index (χ4v) is 7.03. The van der Waals surface area contributed by atoms with Crippen LogP contribution < -0.4 is 0 Å². The molecule has 0 N–H and O–H groups in total. The first-order chi connectivity index (χ1) is 15.7. The summed E-state index contributed by atoms with van der Waals surface area (Å²) in [7, 11) is 0. The van der Waals surface area contributed by atoms with Crippen molar-refractivity contribution >= 4 is 0 Å². The molecule has 180 valence electrons. The minimum atomic E-state index is 0.172. The molecule has 0 amide bonds. The summed E-state index contributed by atoms with van der Waals surface area (Å²) in [6.07, 6.45) is 20.1. The number of unbranched alkanes of at least 4 members (excludes halogenated alkanes) is 4. The molecule has 5 unspecified atom stereocenters. The average Bonchev–Trinajstić information content (AvgIpc) is 2.82. The number of halogens is 1. The lowest BCUT2D eigenvalue weighted by Gasteiger charge is -2.42. The SMILES string of the molecule is CCCCCOC1CCC2CC(c3ccc4c(c3F)CCC(CCCCC)C4)CCC2C1. The van der Waals surface area contributed by atoms with E-state index >= 15 is 4.39 Å². The Bertz CT molecular complexity index is 713. The lowest BCUT2D eigenvalue weighted by molar-refractivity contribution is -0.0164. The first kappa shape index (κ1) is 24.2. The zero-order valence-electron chi connectivity index (χ0n) is 20.8. The third kappa shape index (κ3) is 5.96. The second-order valence-corrected chi connectivity index (χ2v) is 11.3. The van der Waals surface area contributed by atoms with Crippen LogP contribution in [0.3, 0.4) is 0 Å². The number of hydrogen-bond donors (Lipinski definition) is 0. The van der Waals surface area contributed by atoms with Crippen molar-refractivity contribution in [2.45, 2.75) is 129 Å². The van der Waals surface area contributed by atoms with Crippen LogP contribution in [-0.2, 0) is 17.6 Å². The molecule has 32 heavy (non-hydrogen) atoms. The van der Waals surface area contributed by atoms with Gasteiger partial charge >= 0.3 is 0 Å². The van der Waals surface area contributed by atoms with E-state index in [9.17, 15) is 0 Å². The molecule has 0 spiro atoms. The Kier molecular flexibility index (Phi) is 9.09. The van der Waals surface area contributed by atoms with E-state index in [-0.39, 0.29) is 5.82 Å². The summed E-state index contributed by atoms with van der Waals surface area (Å²) in [5, 5.41) is 0. The highest BCUT2D eigenvalue weighted by atomic mass is 19.1. The van der Waals surface area contributed by atoms with Gasteiger partial charge in [-0.2, -0.15) is 0 Å². The maximum atomic E-state index is 15.6. The fraction of sp³-hybridized carbons (Fsp3) is 0.800. The molecule has 2 heteroatoms. The van der Waals surface area contributed by atoms with Crippen molar-refractivity contribution in [2.75, 3.05) is 6.61 Å². The van der Waals surface area contributed by atoms with Crippen LogP contribution in [0.15, 0.2) is 12.1 Å². The molecule has 0 aromatic heterocycles. The Morgan fingerprint density at radius 3 is 2.50 bits per heavy atom. The third-order valence-electron chi connectivity index (χ3n) is 9.00. The standard InChI is InChI=1S/C30H47FO/c1-3-5-7-9-22-10-16-28-25(19-22)14-17-29(30(28)31)26-12-11-24-21-27(15-13-23(24)20-26)32-18-8-6-4-2/h14,17,22-24,26-27H,3-13,15-16,18-21H2,1-2H3. The first-order valence-corrected chi connectivity index (χ1v) is 14.1. The second-order valence-electron chi connectivity index (χ2n) is 11.3. The predicted octanol–water partition coefficient (Wildman–Crippen LogP) is 8.77. The van der Waals surface area contributed by atoms with Crippen molar-refractivity contribution in [1.29, 1.82) is 0 Å². The molecule has 1 aromatic rings. The van der Waals surface area contributed by atoms with E-state index < -0.39 is 0 Å². The molecule has 0 heterocycles. The van der Waals surface area contributed by atoms with Crippen molar-refractivity contribution in [3.8, 4) is 0 Å². The Labute approximate surface area is 196 Å². The predicted molar refractivity (Wildman–Crippen MR) is 133 cm³/mol. The molecule has 4 rings (SSSR count). The van der Waals surface area contributed by atoms with E-state index in [1.165, 1.54) is 95.5 Å². The average molecular weight is 443 g/mol. The van der Waals surface area contributed by atoms with E-state index in [2.05, 4.69) is 26.0 Å². The molecule has 1 nitrogen and oxygen atoms in total. The van der Waals surface area contributed by atoms with Crippen LogP contribution in [0.5, 0.6) is 0 Å². The van der Waals surface area contributed by atoms with E-state index in [0.717, 1.165) is 48.3 Å². The fourth-order valence-electron chi connectivity index (χ4n) is 7.03. The van der Waals surface area contributed by atoms with Crippen LogP contribution in [0, 0.1) is 23.6 Å². The molecular formula is C30H47FO. The van der Waals surface area contributed by atoms with Gasteiger partial charge in [-0.1, -0.05) is 64.5 Å². The molecule has 2 fully saturated rings. The molecule has 2 saturated carbocycles. The van der Waals surface area contributed by atoms with Crippen LogP contribution >= 0.6 is 0 Å². The van der Waals surface area contributed by atoms with Gasteiger partial charge in [-0.15, -0.1) is 0 Å². The van der Waals surface area contributed by atoms with Gasteiger partial charge in [0.15, 0.2) is 0 Å². The molecule has 0 radical (unpaired) electrons. The topological polar surface area (TPSA) is 9.23 Å². The van der Waals surface area contributed by atoms with Crippen molar-refractivity contribution < 1.29 is 9.13 Å². The monoisotopic (exact) mass is 442 g/mol. The third-order valence-corrected chi connectivity index (χ3v) is 9.00. The summed E-state index contributed by atoms with van der Waals surface area (Å²) in [4.78, 5) is 0. The molecule has 5 atom stereocenters. The highest BCUT2D eigenvalue weighted by Gasteiger charge is 2.37. The van der Waals surface area contributed by atoms with Gasteiger partial charge in [-0.25, -0.2) is 4.39 Å². The lowest BCUT2D eigenvalue weighted by atomic mass is 9.65. The van der Waals surface area contributed by atoms with E-state index in [0.29, 0.717) is 12.0 Å². The Morgan fingerprint density at radius 2 is 1.66 bits per heavy atom. The van der Waals surface area contributed by atoms with Crippen LogP contribution in [-0.4, -0.2) is 12.7 Å². The summed E-state index contributed by atoms with van der Waals surface area (Å²) >= 11 is 0. The van der Waals surface area contributed by atoms with Gasteiger partial charge in [0.1, 0.15) is 5.82 Å². The quantitative estimate of drug-likeness (QED) is 0.329. The van der Waals surface area contributed by atoms with Gasteiger partial charge in [-0.05, 0) is 105 Å². The van der Waals surface area contributed by atoms with Crippen molar-refractivity contribution in [3.05, 3.63) is 34.6 Å². The van der Waals surface area contributed by atoms with Crippen molar-refractivity contribution in [1.82, 2.24) is 0 Å². The van der Waals surface area contributed by atoms with Crippen molar-refractivity contribution in [3.63, 3.8) is 0 Å². The van der Waals surface area contributed by atoms with Gasteiger partial charge in [0.05, 0.1) is 6.10 Å². The number of rotatable bonds is 10. The van der Waals surface area contributed by atoms with Gasteiger partial charge in [0.2, 0.25) is 0 Å². The van der Waals surface area contributed by atoms with Crippen LogP contribution in [0.1, 0.15) is 126 Å². The highest BCUT2D eigenvalue weighted by Crippen LogP contribution is 2.47. The maximum Gasteiger partial charge on any atom is 0.130 e. The minimum Gasteiger partial charge on any atom is -0.378 e. The van der Waals surface area contributed by atoms with E-state index in [4.69, 9.17) is 4.74 Å². The zero-order valence-corrected chi connectivity index (χ0v) is 20.8. The number of benzene rings is 1. The molecule has 0 aliphatic heterocycles. The molecule has 1 aromatic carbocycles. The summed E-state index contributed by atoms with van der Waals surface area (Å²) in [5.41, 5.74) is 3.43. The normalized spacial score (nSPS) is 30.0. The smallest absolute Gasteiger partial charge is 0.130 e. The number of fused-ring (bicyclic) bond motifs is 2. The zero-order chi connectivity index (χ0) is 22.3. The molecule has 0 saturated heterocycles. The number of hydrogen-bond acceptors (Lipinski definition) is 1. The lowest BCUT2D eigenvalue weighted by Crippen LogP contribution is -2.34. The summed E-state index contributed by atoms with van der Waals surface area (Å²) < 4.78 is 21.8. The van der Waals surface area contributed by atoms with E-state index in [1.807, 2.05) is 0 Å². The van der Waals surface area contributed by atoms with Crippen LogP contribution in [0.4, 0.5) is 4.39 Å². The number of ether oxygens (including phenoxy) is 1.